The van der Waals surface area contributed by atoms with Crippen LogP contribution in [0.2, 0.25) is 0 Å². The molecular formula is C6H13NO2. The second kappa shape index (κ2) is 4.32. The maximum atomic E-state index is 10.4. The highest BCUT2D eigenvalue weighted by molar-refractivity contribution is 5.69. The van der Waals surface area contributed by atoms with Crippen molar-refractivity contribution in [3.8, 4) is 0 Å². The van der Waals surface area contributed by atoms with Crippen molar-refractivity contribution in [3.63, 3.8) is 0 Å². The largest absolute Gasteiger partial charge is 0.481 e. The summed E-state index contributed by atoms with van der Waals surface area (Å²) in [4.78, 5) is 10.4. The summed E-state index contributed by atoms with van der Waals surface area (Å²) in [5, 5.41) is 8.50. The van der Waals surface area contributed by atoms with Gasteiger partial charge in [-0.15, -0.1) is 0 Å². The zero-order valence-electron chi connectivity index (χ0n) is 6.50. The molecule has 9 heavy (non-hydrogen) atoms. The van der Waals surface area contributed by atoms with E-state index < -0.39 is 18.3 Å². The van der Waals surface area contributed by atoms with Crippen molar-refractivity contribution in [2.45, 2.75) is 19.7 Å². The number of hydrogen-bond acceptors (Lipinski definition) is 2. The van der Waals surface area contributed by atoms with Gasteiger partial charge in [-0.05, 0) is 19.4 Å². The third kappa shape index (κ3) is 3.08. The standard InChI is InChI=1S/C6H13NO2/c1-2-5(3-4-7)6(8)9/h5H,2-4,7H2,1H3,(H,8,9)/i3D. The number of carbonyl (C=O) groups is 1. The van der Waals surface area contributed by atoms with Gasteiger partial charge in [-0.3, -0.25) is 4.79 Å². The molecule has 2 unspecified atom stereocenters. The minimum Gasteiger partial charge on any atom is -0.481 e. The van der Waals surface area contributed by atoms with E-state index in [0.29, 0.717) is 6.42 Å². The van der Waals surface area contributed by atoms with E-state index in [9.17, 15) is 4.79 Å². The fourth-order valence-electron chi connectivity index (χ4n) is 0.606. The molecule has 0 saturated carbocycles. The number of carboxylic acid groups (broad SMARTS) is 1. The maximum absolute atomic E-state index is 10.4. The first-order valence-electron chi connectivity index (χ1n) is 3.56. The van der Waals surface area contributed by atoms with Gasteiger partial charge in [0.2, 0.25) is 0 Å². The monoisotopic (exact) mass is 132 g/mol. The molecule has 3 nitrogen and oxygen atoms in total. The van der Waals surface area contributed by atoms with Crippen molar-refractivity contribution in [2.75, 3.05) is 6.54 Å². The van der Waals surface area contributed by atoms with Crippen molar-refractivity contribution >= 4 is 5.97 Å². The average Bonchev–Trinajstić information content (AvgIpc) is 1.88. The molecule has 0 aromatic heterocycles. The van der Waals surface area contributed by atoms with Crippen LogP contribution in [0.15, 0.2) is 0 Å². The van der Waals surface area contributed by atoms with Gasteiger partial charge in [-0.2, -0.15) is 0 Å². The highest BCUT2D eigenvalue weighted by Crippen LogP contribution is 2.05. The van der Waals surface area contributed by atoms with E-state index in [1.54, 1.807) is 6.92 Å². The summed E-state index contributed by atoms with van der Waals surface area (Å²) < 4.78 is 7.20. The Bertz CT molecular complexity index is 118. The molecule has 0 aliphatic heterocycles. The van der Waals surface area contributed by atoms with Crippen molar-refractivity contribution in [3.05, 3.63) is 0 Å². The summed E-state index contributed by atoms with van der Waals surface area (Å²) in [6.07, 6.45) is -0.191. The van der Waals surface area contributed by atoms with Crippen LogP contribution in [0.25, 0.3) is 0 Å². The first-order chi connectivity index (χ1) is 4.63. The summed E-state index contributed by atoms with van der Waals surface area (Å²) in [6, 6.07) is 0. The lowest BCUT2D eigenvalue weighted by atomic mass is 10.0. The molecule has 54 valence electrons. The van der Waals surface area contributed by atoms with Gasteiger partial charge in [0.05, 0.1) is 5.92 Å². The topological polar surface area (TPSA) is 63.3 Å². The minimum atomic E-state index is -0.923. The van der Waals surface area contributed by atoms with E-state index in [1.165, 1.54) is 0 Å². The van der Waals surface area contributed by atoms with Gasteiger partial charge in [-0.25, -0.2) is 0 Å². The van der Waals surface area contributed by atoms with Gasteiger partial charge < -0.3 is 10.8 Å². The third-order valence-corrected chi connectivity index (χ3v) is 1.18. The van der Waals surface area contributed by atoms with Crippen molar-refractivity contribution in [1.29, 1.82) is 0 Å². The zero-order valence-corrected chi connectivity index (χ0v) is 5.50. The van der Waals surface area contributed by atoms with Gasteiger partial charge in [0.1, 0.15) is 0 Å². The number of nitrogens with two attached hydrogens (primary N) is 1. The normalized spacial score (nSPS) is 18.2. The Labute approximate surface area is 56.3 Å². The lowest BCUT2D eigenvalue weighted by molar-refractivity contribution is -0.141. The minimum absolute atomic E-state index is 0.116. The summed E-state index contributed by atoms with van der Waals surface area (Å²) in [7, 11) is 0. The van der Waals surface area contributed by atoms with E-state index in [2.05, 4.69) is 0 Å². The Kier molecular flexibility index (Phi) is 3.15. The van der Waals surface area contributed by atoms with E-state index in [0.717, 1.165) is 0 Å². The molecular weight excluding hydrogens is 118 g/mol. The average molecular weight is 132 g/mol. The fourth-order valence-corrected chi connectivity index (χ4v) is 0.606. The maximum Gasteiger partial charge on any atom is 0.306 e. The number of carboxylic acids is 1. The molecule has 0 aliphatic carbocycles. The number of aliphatic carboxylic acids is 1. The molecule has 0 aliphatic rings. The van der Waals surface area contributed by atoms with Crippen LogP contribution in [0, 0.1) is 5.92 Å². The molecule has 0 spiro atoms. The van der Waals surface area contributed by atoms with Crippen molar-refractivity contribution in [2.24, 2.45) is 11.7 Å². The highest BCUT2D eigenvalue weighted by Gasteiger charge is 2.12. The lowest BCUT2D eigenvalue weighted by Crippen LogP contribution is -2.16. The van der Waals surface area contributed by atoms with Gasteiger partial charge in [0.25, 0.3) is 0 Å². The lowest BCUT2D eigenvalue weighted by Gasteiger charge is -2.05. The van der Waals surface area contributed by atoms with Crippen LogP contribution in [0.5, 0.6) is 0 Å². The number of rotatable bonds is 4. The van der Waals surface area contributed by atoms with Gasteiger partial charge in [0.15, 0.2) is 0 Å². The predicted molar refractivity (Wildman–Crippen MR) is 35.1 cm³/mol. The predicted octanol–water partition coefficient (Wildman–Crippen LogP) is 0.446. The molecule has 3 heteroatoms. The van der Waals surface area contributed by atoms with Gasteiger partial charge >= 0.3 is 5.97 Å². The SMILES string of the molecule is [2H]C(CN)C(CC)C(=O)O. The molecule has 2 atom stereocenters. The van der Waals surface area contributed by atoms with Crippen LogP contribution in [0.4, 0.5) is 0 Å². The second-order valence-electron chi connectivity index (χ2n) is 1.82. The Balaban J connectivity index is 3.92. The molecule has 0 saturated heterocycles. The first-order valence-corrected chi connectivity index (χ1v) is 2.98. The van der Waals surface area contributed by atoms with Gasteiger partial charge in [-0.1, -0.05) is 6.92 Å². The Morgan fingerprint density at radius 3 is 2.67 bits per heavy atom. The van der Waals surface area contributed by atoms with Crippen LogP contribution in [0.3, 0.4) is 0 Å². The van der Waals surface area contributed by atoms with Crippen LogP contribution in [-0.2, 0) is 4.79 Å². The molecule has 0 amide bonds. The quantitative estimate of drug-likeness (QED) is 0.583. The fraction of sp³-hybridized carbons (Fsp3) is 0.833. The summed E-state index contributed by atoms with van der Waals surface area (Å²) in [5.74, 6) is -1.53. The van der Waals surface area contributed by atoms with E-state index in [-0.39, 0.29) is 6.54 Å². The molecule has 0 bridgehead atoms. The summed E-state index contributed by atoms with van der Waals surface area (Å²) in [6.45, 7) is 1.86. The van der Waals surface area contributed by atoms with Gasteiger partial charge in [0, 0.05) is 1.37 Å². The molecule has 3 N–H and O–H groups in total. The third-order valence-electron chi connectivity index (χ3n) is 1.18. The van der Waals surface area contributed by atoms with Crippen molar-refractivity contribution < 1.29 is 11.3 Å². The van der Waals surface area contributed by atoms with E-state index in [1.807, 2.05) is 0 Å². The molecule has 0 radical (unpaired) electrons. The molecule has 0 heterocycles. The van der Waals surface area contributed by atoms with E-state index in [4.69, 9.17) is 12.2 Å². The molecule has 0 aromatic rings. The van der Waals surface area contributed by atoms with Crippen molar-refractivity contribution in [1.82, 2.24) is 0 Å². The molecule has 0 aromatic carbocycles. The van der Waals surface area contributed by atoms with Crippen LogP contribution >= 0.6 is 0 Å². The number of hydrogen-bond donors (Lipinski definition) is 2. The van der Waals surface area contributed by atoms with Crippen LogP contribution < -0.4 is 5.73 Å². The van der Waals surface area contributed by atoms with Crippen LogP contribution in [-0.4, -0.2) is 17.6 Å². The first kappa shape index (κ1) is 6.55. The molecule has 0 fully saturated rings. The Morgan fingerprint density at radius 2 is 2.56 bits per heavy atom. The Hall–Kier alpha value is -0.570. The van der Waals surface area contributed by atoms with E-state index >= 15 is 0 Å². The Morgan fingerprint density at radius 1 is 2.00 bits per heavy atom. The summed E-state index contributed by atoms with van der Waals surface area (Å²) >= 11 is 0. The second-order valence-corrected chi connectivity index (χ2v) is 1.82. The summed E-state index contributed by atoms with van der Waals surface area (Å²) in [5.41, 5.74) is 5.14. The van der Waals surface area contributed by atoms with Crippen LogP contribution in [0.1, 0.15) is 21.1 Å². The highest BCUT2D eigenvalue weighted by atomic mass is 16.4. The molecule has 0 rings (SSSR count). The smallest absolute Gasteiger partial charge is 0.306 e. The zero-order chi connectivity index (χ0) is 8.15.